The van der Waals surface area contributed by atoms with Crippen molar-refractivity contribution >= 4 is 11.9 Å². The molecule has 0 aromatic carbocycles. The van der Waals surface area contributed by atoms with E-state index in [9.17, 15) is 4.79 Å². The smallest absolute Gasteiger partial charge is 0.276 e. The molecule has 1 amide bonds. The topological polar surface area (TPSA) is 98.1 Å². The van der Waals surface area contributed by atoms with Gasteiger partial charge in [-0.25, -0.2) is 9.97 Å². The van der Waals surface area contributed by atoms with Gasteiger partial charge in [0.15, 0.2) is 5.69 Å². The molecule has 92 valence electrons. The van der Waals surface area contributed by atoms with Gasteiger partial charge in [-0.15, -0.1) is 0 Å². The van der Waals surface area contributed by atoms with Gasteiger partial charge in [0, 0.05) is 24.4 Å². The van der Waals surface area contributed by atoms with Gasteiger partial charge in [-0.05, 0) is 6.92 Å². The van der Waals surface area contributed by atoms with Crippen molar-refractivity contribution in [3.8, 4) is 0 Å². The summed E-state index contributed by atoms with van der Waals surface area (Å²) in [5.41, 5.74) is 7.52. The maximum absolute atomic E-state index is 12.1. The van der Waals surface area contributed by atoms with Crippen LogP contribution >= 0.6 is 0 Å². The molecule has 0 fully saturated rings. The normalized spacial score (nSPS) is 13.7. The van der Waals surface area contributed by atoms with Gasteiger partial charge in [0.1, 0.15) is 5.76 Å². The van der Waals surface area contributed by atoms with Crippen LogP contribution in [0, 0.1) is 6.92 Å². The summed E-state index contributed by atoms with van der Waals surface area (Å²) in [6.07, 6.45) is 1.65. The van der Waals surface area contributed by atoms with Gasteiger partial charge in [0.2, 0.25) is 5.95 Å². The summed E-state index contributed by atoms with van der Waals surface area (Å²) in [5.74, 6) is 0.655. The van der Waals surface area contributed by atoms with E-state index in [-0.39, 0.29) is 11.9 Å². The van der Waals surface area contributed by atoms with Gasteiger partial charge in [0.25, 0.3) is 5.91 Å². The van der Waals surface area contributed by atoms with Crippen molar-refractivity contribution < 1.29 is 9.32 Å². The monoisotopic (exact) mass is 245 g/mol. The van der Waals surface area contributed by atoms with Crippen LogP contribution in [0.4, 0.5) is 5.95 Å². The number of carbonyl (C=O) groups excluding carboxylic acids is 1. The van der Waals surface area contributed by atoms with Crippen molar-refractivity contribution in [2.45, 2.75) is 20.0 Å². The van der Waals surface area contributed by atoms with E-state index in [0.717, 1.165) is 11.3 Å². The quantitative estimate of drug-likeness (QED) is 0.786. The number of nitrogens with zero attached hydrogens (tertiary/aromatic N) is 4. The van der Waals surface area contributed by atoms with E-state index in [1.54, 1.807) is 24.1 Å². The van der Waals surface area contributed by atoms with E-state index >= 15 is 0 Å². The minimum absolute atomic E-state index is 0.177. The Labute approximate surface area is 103 Å². The van der Waals surface area contributed by atoms with Crippen LogP contribution in [0.5, 0.6) is 0 Å². The van der Waals surface area contributed by atoms with Crippen molar-refractivity contribution in [3.63, 3.8) is 0 Å². The summed E-state index contributed by atoms with van der Waals surface area (Å²) in [5, 5.41) is 3.71. The first-order valence-corrected chi connectivity index (χ1v) is 5.46. The Kier molecular flexibility index (Phi) is 2.26. The van der Waals surface area contributed by atoms with Crippen LogP contribution in [0.25, 0.3) is 0 Å². The van der Waals surface area contributed by atoms with Crippen LogP contribution in [0.3, 0.4) is 0 Å². The number of anilines is 1. The molecule has 2 N–H and O–H groups in total. The van der Waals surface area contributed by atoms with Gasteiger partial charge in [-0.3, -0.25) is 4.79 Å². The molecule has 0 spiro atoms. The van der Waals surface area contributed by atoms with Crippen molar-refractivity contribution in [3.05, 3.63) is 35.0 Å². The Morgan fingerprint density at radius 1 is 1.50 bits per heavy atom. The standard InChI is InChI=1S/C11H11N5O2/c1-6-2-8(15-18-6)10(17)16-4-7-3-13-11(12)14-9(7)5-16/h2-3H,4-5H2,1H3,(H2,12,13,14). The highest BCUT2D eigenvalue weighted by Gasteiger charge is 2.27. The first-order valence-electron chi connectivity index (χ1n) is 5.46. The molecule has 0 saturated heterocycles. The third-order valence-electron chi connectivity index (χ3n) is 2.81. The van der Waals surface area contributed by atoms with Crippen LogP contribution < -0.4 is 5.73 Å². The third-order valence-corrected chi connectivity index (χ3v) is 2.81. The van der Waals surface area contributed by atoms with Crippen molar-refractivity contribution in [2.75, 3.05) is 5.73 Å². The molecule has 1 aliphatic rings. The Morgan fingerprint density at radius 2 is 2.33 bits per heavy atom. The van der Waals surface area contributed by atoms with Crippen molar-refractivity contribution in [2.24, 2.45) is 0 Å². The lowest BCUT2D eigenvalue weighted by molar-refractivity contribution is 0.0740. The molecule has 1 aliphatic heterocycles. The summed E-state index contributed by atoms with van der Waals surface area (Å²) < 4.78 is 4.90. The number of nitrogens with two attached hydrogens (primary N) is 1. The SMILES string of the molecule is Cc1cc(C(=O)N2Cc3cnc(N)nc3C2)no1. The van der Waals surface area contributed by atoms with E-state index in [0.29, 0.717) is 24.5 Å². The number of fused-ring (bicyclic) bond motifs is 1. The van der Waals surface area contributed by atoms with Gasteiger partial charge in [-0.1, -0.05) is 5.16 Å². The lowest BCUT2D eigenvalue weighted by Gasteiger charge is -2.12. The molecule has 2 aromatic heterocycles. The Bertz CT molecular complexity index is 622. The van der Waals surface area contributed by atoms with E-state index in [1.165, 1.54) is 0 Å². The van der Waals surface area contributed by atoms with Crippen LogP contribution in [0.1, 0.15) is 27.5 Å². The number of rotatable bonds is 1. The third kappa shape index (κ3) is 1.69. The highest BCUT2D eigenvalue weighted by molar-refractivity contribution is 5.92. The van der Waals surface area contributed by atoms with Gasteiger partial charge < -0.3 is 15.2 Å². The zero-order valence-electron chi connectivity index (χ0n) is 9.75. The second-order valence-corrected chi connectivity index (χ2v) is 4.18. The maximum atomic E-state index is 12.1. The van der Waals surface area contributed by atoms with Gasteiger partial charge >= 0.3 is 0 Å². The molecular formula is C11H11N5O2. The van der Waals surface area contributed by atoms with Crippen LogP contribution in [-0.4, -0.2) is 25.9 Å². The number of aryl methyl sites for hydroxylation is 1. The summed E-state index contributed by atoms with van der Waals surface area (Å²) in [6, 6.07) is 1.62. The van der Waals surface area contributed by atoms with E-state index in [1.807, 2.05) is 0 Å². The van der Waals surface area contributed by atoms with Crippen LogP contribution in [0.2, 0.25) is 0 Å². The predicted molar refractivity (Wildman–Crippen MR) is 61.3 cm³/mol. The number of nitrogen functional groups attached to an aromatic ring is 1. The molecule has 7 heteroatoms. The zero-order valence-corrected chi connectivity index (χ0v) is 9.75. The van der Waals surface area contributed by atoms with E-state index in [4.69, 9.17) is 10.3 Å². The molecule has 0 unspecified atom stereocenters. The highest BCUT2D eigenvalue weighted by atomic mass is 16.5. The van der Waals surface area contributed by atoms with Crippen molar-refractivity contribution in [1.82, 2.24) is 20.0 Å². The Hall–Kier alpha value is -2.44. The van der Waals surface area contributed by atoms with E-state index in [2.05, 4.69) is 15.1 Å². The molecule has 2 aromatic rings. The molecule has 18 heavy (non-hydrogen) atoms. The zero-order chi connectivity index (χ0) is 12.7. The molecule has 0 saturated carbocycles. The largest absolute Gasteiger partial charge is 0.368 e. The van der Waals surface area contributed by atoms with Crippen LogP contribution in [-0.2, 0) is 13.1 Å². The molecule has 3 heterocycles. The molecular weight excluding hydrogens is 234 g/mol. The van der Waals surface area contributed by atoms with Gasteiger partial charge in [-0.2, -0.15) is 0 Å². The second-order valence-electron chi connectivity index (χ2n) is 4.18. The highest BCUT2D eigenvalue weighted by Crippen LogP contribution is 2.22. The Morgan fingerprint density at radius 3 is 3.06 bits per heavy atom. The number of carbonyl (C=O) groups is 1. The fourth-order valence-electron chi connectivity index (χ4n) is 1.94. The first-order chi connectivity index (χ1) is 8.63. The number of hydrogen-bond acceptors (Lipinski definition) is 6. The first kappa shape index (κ1) is 10.7. The van der Waals surface area contributed by atoms with E-state index < -0.39 is 0 Å². The molecule has 7 nitrogen and oxygen atoms in total. The predicted octanol–water partition coefficient (Wildman–Crippen LogP) is 0.511. The number of aromatic nitrogens is 3. The van der Waals surface area contributed by atoms with Crippen molar-refractivity contribution in [1.29, 1.82) is 0 Å². The molecule has 0 bridgehead atoms. The lowest BCUT2D eigenvalue weighted by atomic mass is 10.3. The van der Waals surface area contributed by atoms with Crippen LogP contribution in [0.15, 0.2) is 16.8 Å². The maximum Gasteiger partial charge on any atom is 0.276 e. The summed E-state index contributed by atoms with van der Waals surface area (Å²) in [7, 11) is 0. The minimum Gasteiger partial charge on any atom is -0.368 e. The molecule has 0 aliphatic carbocycles. The fourth-order valence-corrected chi connectivity index (χ4v) is 1.94. The lowest BCUT2D eigenvalue weighted by Crippen LogP contribution is -2.25. The number of amides is 1. The average molecular weight is 245 g/mol. The molecule has 0 radical (unpaired) electrons. The van der Waals surface area contributed by atoms with Gasteiger partial charge in [0.05, 0.1) is 12.2 Å². The summed E-state index contributed by atoms with van der Waals surface area (Å²) in [4.78, 5) is 21.8. The minimum atomic E-state index is -0.177. The molecule has 0 atom stereocenters. The number of hydrogen-bond donors (Lipinski definition) is 1. The fraction of sp³-hybridized carbons (Fsp3) is 0.273. The second kappa shape index (κ2) is 3.80. The summed E-state index contributed by atoms with van der Waals surface area (Å²) in [6.45, 7) is 2.64. The average Bonchev–Trinajstić information content (AvgIpc) is 2.93. The molecule has 3 rings (SSSR count). The summed E-state index contributed by atoms with van der Waals surface area (Å²) >= 11 is 0. The Balaban J connectivity index is 1.83.